The lowest BCUT2D eigenvalue weighted by Gasteiger charge is -2.11. The molecule has 3 nitrogen and oxygen atoms in total. The average molecular weight is 247 g/mol. The van der Waals surface area contributed by atoms with Gasteiger partial charge in [0.25, 0.3) is 5.91 Å². The van der Waals surface area contributed by atoms with Crippen molar-refractivity contribution in [2.45, 2.75) is 19.9 Å². The van der Waals surface area contributed by atoms with Crippen LogP contribution in [-0.4, -0.2) is 18.5 Å². The van der Waals surface area contributed by atoms with Crippen LogP contribution in [0.15, 0.2) is 18.2 Å². The van der Waals surface area contributed by atoms with E-state index < -0.39 is 0 Å². The molecule has 0 heterocycles. The Hall–Kier alpha value is -1.13. The highest BCUT2D eigenvalue weighted by Gasteiger charge is 2.09. The van der Waals surface area contributed by atoms with Gasteiger partial charge in [0.15, 0.2) is 0 Å². The largest absolute Gasteiger partial charge is 0.348 e. The average Bonchev–Trinajstić information content (AvgIpc) is 2.21. The zero-order chi connectivity index (χ0) is 11.4. The number of carbonyl (C=O) groups is 1. The van der Waals surface area contributed by atoms with Gasteiger partial charge in [0.2, 0.25) is 0 Å². The molecule has 1 amide bonds. The molecule has 0 fully saturated rings. The van der Waals surface area contributed by atoms with Crippen LogP contribution >= 0.6 is 12.4 Å². The first-order valence-corrected chi connectivity index (χ1v) is 4.81. The first-order chi connectivity index (χ1) is 7.04. The van der Waals surface area contributed by atoms with Gasteiger partial charge in [0, 0.05) is 18.2 Å². The standard InChI is InChI=1S/C11H15FN2O.ClH/c1-7-3-4-9(5-10(7)12)11(15)14-8(2)6-13;/h3-5,8H,6,13H2,1-2H3,(H,14,15);1H/t8-;/m1./s1. The van der Waals surface area contributed by atoms with Crippen LogP contribution in [-0.2, 0) is 0 Å². The van der Waals surface area contributed by atoms with Gasteiger partial charge in [-0.2, -0.15) is 0 Å². The maximum atomic E-state index is 13.2. The summed E-state index contributed by atoms with van der Waals surface area (Å²) in [7, 11) is 0. The Labute approximate surface area is 101 Å². The fourth-order valence-corrected chi connectivity index (χ4v) is 1.10. The fraction of sp³-hybridized carbons (Fsp3) is 0.364. The molecule has 90 valence electrons. The maximum Gasteiger partial charge on any atom is 0.251 e. The van der Waals surface area contributed by atoms with Gasteiger partial charge in [0.05, 0.1) is 0 Å². The van der Waals surface area contributed by atoms with Gasteiger partial charge in [-0.15, -0.1) is 12.4 Å². The first-order valence-electron chi connectivity index (χ1n) is 4.81. The number of hydrogen-bond donors (Lipinski definition) is 2. The molecule has 0 aliphatic heterocycles. The van der Waals surface area contributed by atoms with Gasteiger partial charge in [0.1, 0.15) is 5.82 Å². The lowest BCUT2D eigenvalue weighted by atomic mass is 10.1. The lowest BCUT2D eigenvalue weighted by molar-refractivity contribution is 0.0941. The minimum atomic E-state index is -0.372. The van der Waals surface area contributed by atoms with Crippen molar-refractivity contribution in [1.82, 2.24) is 5.32 Å². The number of aryl methyl sites for hydroxylation is 1. The van der Waals surface area contributed by atoms with Crippen molar-refractivity contribution in [3.8, 4) is 0 Å². The zero-order valence-corrected chi connectivity index (χ0v) is 10.1. The maximum absolute atomic E-state index is 13.2. The molecule has 0 saturated heterocycles. The van der Waals surface area contributed by atoms with Gasteiger partial charge >= 0.3 is 0 Å². The Balaban J connectivity index is 0.00000225. The van der Waals surface area contributed by atoms with Crippen LogP contribution in [0.4, 0.5) is 4.39 Å². The molecule has 16 heavy (non-hydrogen) atoms. The molecular formula is C11H16ClFN2O. The van der Waals surface area contributed by atoms with Crippen LogP contribution in [0.1, 0.15) is 22.8 Å². The summed E-state index contributed by atoms with van der Waals surface area (Å²) in [6, 6.07) is 4.30. The predicted octanol–water partition coefficient (Wildman–Crippen LogP) is 1.63. The minimum Gasteiger partial charge on any atom is -0.348 e. The fourth-order valence-electron chi connectivity index (χ4n) is 1.10. The Morgan fingerprint density at radius 3 is 2.69 bits per heavy atom. The highest BCUT2D eigenvalue weighted by Crippen LogP contribution is 2.09. The predicted molar refractivity (Wildman–Crippen MR) is 64.4 cm³/mol. The summed E-state index contributed by atoms with van der Waals surface area (Å²) < 4.78 is 13.2. The molecule has 0 bridgehead atoms. The molecule has 0 aromatic heterocycles. The van der Waals surface area contributed by atoms with E-state index in [9.17, 15) is 9.18 Å². The second-order valence-electron chi connectivity index (χ2n) is 3.57. The summed E-state index contributed by atoms with van der Waals surface area (Å²) >= 11 is 0. The number of amides is 1. The minimum absolute atomic E-state index is 0. The molecule has 0 aliphatic carbocycles. The van der Waals surface area contributed by atoms with Crippen LogP contribution in [0.25, 0.3) is 0 Å². The number of hydrogen-bond acceptors (Lipinski definition) is 2. The number of nitrogens with one attached hydrogen (secondary N) is 1. The van der Waals surface area contributed by atoms with E-state index in [-0.39, 0.29) is 30.2 Å². The quantitative estimate of drug-likeness (QED) is 0.852. The van der Waals surface area contributed by atoms with E-state index in [0.717, 1.165) is 0 Å². The molecule has 0 aliphatic rings. The molecule has 1 rings (SSSR count). The summed E-state index contributed by atoms with van der Waals surface area (Å²) in [6.45, 7) is 3.81. The molecule has 0 unspecified atom stereocenters. The summed E-state index contributed by atoms with van der Waals surface area (Å²) in [6.07, 6.45) is 0. The van der Waals surface area contributed by atoms with Gasteiger partial charge < -0.3 is 11.1 Å². The third-order valence-corrected chi connectivity index (χ3v) is 2.17. The second-order valence-corrected chi connectivity index (χ2v) is 3.57. The zero-order valence-electron chi connectivity index (χ0n) is 9.29. The first kappa shape index (κ1) is 14.9. The summed E-state index contributed by atoms with van der Waals surface area (Å²) in [4.78, 5) is 11.5. The highest BCUT2D eigenvalue weighted by molar-refractivity contribution is 5.94. The summed E-state index contributed by atoms with van der Waals surface area (Å²) in [5, 5.41) is 2.66. The molecule has 1 aromatic rings. The van der Waals surface area contributed by atoms with Crippen LogP contribution < -0.4 is 11.1 Å². The van der Waals surface area contributed by atoms with E-state index in [4.69, 9.17) is 5.73 Å². The smallest absolute Gasteiger partial charge is 0.251 e. The molecule has 1 atom stereocenters. The lowest BCUT2D eigenvalue weighted by Crippen LogP contribution is -2.37. The van der Waals surface area contributed by atoms with E-state index >= 15 is 0 Å². The van der Waals surface area contributed by atoms with Crippen molar-refractivity contribution in [2.75, 3.05) is 6.54 Å². The van der Waals surface area contributed by atoms with E-state index in [1.54, 1.807) is 26.0 Å². The highest BCUT2D eigenvalue weighted by atomic mass is 35.5. The van der Waals surface area contributed by atoms with Crippen molar-refractivity contribution in [2.24, 2.45) is 5.73 Å². The molecule has 0 saturated carbocycles. The van der Waals surface area contributed by atoms with Crippen molar-refractivity contribution < 1.29 is 9.18 Å². The van der Waals surface area contributed by atoms with Crippen molar-refractivity contribution in [3.05, 3.63) is 35.1 Å². The van der Waals surface area contributed by atoms with Gasteiger partial charge in [-0.3, -0.25) is 4.79 Å². The number of nitrogens with two attached hydrogens (primary N) is 1. The van der Waals surface area contributed by atoms with Crippen LogP contribution in [0.3, 0.4) is 0 Å². The molecule has 3 N–H and O–H groups in total. The Morgan fingerprint density at radius 1 is 1.56 bits per heavy atom. The summed E-state index contributed by atoms with van der Waals surface area (Å²) in [5.41, 5.74) is 6.21. The third-order valence-electron chi connectivity index (χ3n) is 2.17. The third kappa shape index (κ3) is 3.79. The van der Waals surface area contributed by atoms with Gasteiger partial charge in [-0.1, -0.05) is 6.07 Å². The van der Waals surface area contributed by atoms with Crippen LogP contribution in [0.2, 0.25) is 0 Å². The number of benzene rings is 1. The van der Waals surface area contributed by atoms with Crippen molar-refractivity contribution in [3.63, 3.8) is 0 Å². The van der Waals surface area contributed by atoms with E-state index in [2.05, 4.69) is 5.32 Å². The van der Waals surface area contributed by atoms with E-state index in [0.29, 0.717) is 17.7 Å². The molecular weight excluding hydrogens is 231 g/mol. The number of carbonyl (C=O) groups excluding carboxylic acids is 1. The Kier molecular flexibility index (Phi) is 6.00. The normalized spacial score (nSPS) is 11.5. The number of halogens is 2. The van der Waals surface area contributed by atoms with E-state index in [1.807, 2.05) is 0 Å². The molecule has 5 heteroatoms. The SMILES string of the molecule is Cc1ccc(C(=O)N[C@H](C)CN)cc1F.Cl. The van der Waals surface area contributed by atoms with Crippen molar-refractivity contribution in [1.29, 1.82) is 0 Å². The summed E-state index contributed by atoms with van der Waals surface area (Å²) in [5.74, 6) is -0.671. The topological polar surface area (TPSA) is 55.1 Å². The van der Waals surface area contributed by atoms with Gasteiger partial charge in [-0.25, -0.2) is 4.39 Å². The Bertz CT molecular complexity index is 371. The molecule has 0 spiro atoms. The molecule has 0 radical (unpaired) electrons. The van der Waals surface area contributed by atoms with Gasteiger partial charge in [-0.05, 0) is 31.5 Å². The van der Waals surface area contributed by atoms with E-state index in [1.165, 1.54) is 6.07 Å². The van der Waals surface area contributed by atoms with Crippen molar-refractivity contribution >= 4 is 18.3 Å². The molecule has 1 aromatic carbocycles. The van der Waals surface area contributed by atoms with Crippen LogP contribution in [0, 0.1) is 12.7 Å². The second kappa shape index (κ2) is 6.45. The number of rotatable bonds is 3. The Morgan fingerprint density at radius 2 is 2.19 bits per heavy atom. The monoisotopic (exact) mass is 246 g/mol. The van der Waals surface area contributed by atoms with Crippen LogP contribution in [0.5, 0.6) is 0 Å².